The molecule has 1 fully saturated rings. The zero-order valence-corrected chi connectivity index (χ0v) is 16.4. The summed E-state index contributed by atoms with van der Waals surface area (Å²) in [5.74, 6) is -0.0504. The van der Waals surface area contributed by atoms with Gasteiger partial charge in [-0.25, -0.2) is 8.42 Å². The number of sulfonamides is 1. The van der Waals surface area contributed by atoms with Crippen molar-refractivity contribution in [1.82, 2.24) is 14.1 Å². The SMILES string of the molecule is Cc1ccc(C(=O)Cn2nc(C)c(S(=O)(=O)N3CCCCC3)c2C)s1. The number of piperidine rings is 1. The Morgan fingerprint density at radius 2 is 1.84 bits per heavy atom. The van der Waals surface area contributed by atoms with Gasteiger partial charge in [0, 0.05) is 18.0 Å². The van der Waals surface area contributed by atoms with Gasteiger partial charge in [-0.3, -0.25) is 9.48 Å². The van der Waals surface area contributed by atoms with E-state index in [1.54, 1.807) is 24.2 Å². The second-order valence-electron chi connectivity index (χ2n) is 6.46. The first-order chi connectivity index (χ1) is 11.8. The minimum absolute atomic E-state index is 0.0504. The quantitative estimate of drug-likeness (QED) is 0.747. The lowest BCUT2D eigenvalue weighted by Gasteiger charge is -2.25. The van der Waals surface area contributed by atoms with Gasteiger partial charge in [-0.05, 0) is 45.7 Å². The number of carbonyl (C=O) groups excluding carboxylic acids is 1. The number of ketones is 1. The van der Waals surface area contributed by atoms with Crippen molar-refractivity contribution in [2.45, 2.75) is 51.5 Å². The monoisotopic (exact) mass is 381 g/mol. The summed E-state index contributed by atoms with van der Waals surface area (Å²) in [5.41, 5.74) is 0.989. The molecule has 1 aliphatic rings. The number of rotatable bonds is 5. The van der Waals surface area contributed by atoms with Crippen molar-refractivity contribution in [3.05, 3.63) is 33.3 Å². The van der Waals surface area contributed by atoms with E-state index in [0.29, 0.717) is 29.4 Å². The Morgan fingerprint density at radius 1 is 1.16 bits per heavy atom. The summed E-state index contributed by atoms with van der Waals surface area (Å²) < 4.78 is 29.0. The first-order valence-corrected chi connectivity index (χ1v) is 10.7. The molecule has 3 rings (SSSR count). The van der Waals surface area contributed by atoms with Gasteiger partial charge in [0.05, 0.1) is 16.3 Å². The molecule has 1 aliphatic heterocycles. The predicted octanol–water partition coefficient (Wildman–Crippen LogP) is 2.93. The van der Waals surface area contributed by atoms with Gasteiger partial charge in [0.15, 0.2) is 5.78 Å². The molecular weight excluding hydrogens is 358 g/mol. The van der Waals surface area contributed by atoms with Crippen LogP contribution in [0.3, 0.4) is 0 Å². The Balaban J connectivity index is 1.89. The van der Waals surface area contributed by atoms with E-state index in [0.717, 1.165) is 24.1 Å². The maximum absolute atomic E-state index is 13.0. The third-order valence-electron chi connectivity index (χ3n) is 4.54. The van der Waals surface area contributed by atoms with Crippen LogP contribution in [0.5, 0.6) is 0 Å². The molecule has 2 aromatic heterocycles. The van der Waals surface area contributed by atoms with Crippen LogP contribution in [-0.4, -0.2) is 41.4 Å². The lowest BCUT2D eigenvalue weighted by Crippen LogP contribution is -2.36. The molecular formula is C17H23N3O3S2. The third kappa shape index (κ3) is 3.56. The van der Waals surface area contributed by atoms with Crippen LogP contribution in [0.2, 0.25) is 0 Å². The summed E-state index contributed by atoms with van der Waals surface area (Å²) in [6.07, 6.45) is 2.85. The fraction of sp³-hybridized carbons (Fsp3) is 0.529. The summed E-state index contributed by atoms with van der Waals surface area (Å²) in [4.78, 5) is 14.4. The smallest absolute Gasteiger partial charge is 0.246 e. The average molecular weight is 382 g/mol. The molecule has 8 heteroatoms. The molecule has 0 atom stereocenters. The third-order valence-corrected chi connectivity index (χ3v) is 7.73. The van der Waals surface area contributed by atoms with Crippen LogP contribution >= 0.6 is 11.3 Å². The topological polar surface area (TPSA) is 72.3 Å². The van der Waals surface area contributed by atoms with Gasteiger partial charge < -0.3 is 0 Å². The molecule has 6 nitrogen and oxygen atoms in total. The van der Waals surface area contributed by atoms with E-state index in [2.05, 4.69) is 5.10 Å². The molecule has 1 saturated heterocycles. The van der Waals surface area contributed by atoms with E-state index in [1.165, 1.54) is 16.0 Å². The zero-order valence-electron chi connectivity index (χ0n) is 14.8. The summed E-state index contributed by atoms with van der Waals surface area (Å²) in [6.45, 7) is 6.54. The first-order valence-electron chi connectivity index (χ1n) is 8.44. The maximum Gasteiger partial charge on any atom is 0.246 e. The number of carbonyl (C=O) groups is 1. The standard InChI is InChI=1S/C17H23N3O3S2/c1-12-7-8-16(24-12)15(21)11-20-14(3)17(13(2)18-20)25(22,23)19-9-5-4-6-10-19/h7-8H,4-6,9-11H2,1-3H3. The number of aromatic nitrogens is 2. The molecule has 0 bridgehead atoms. The van der Waals surface area contributed by atoms with Crippen LogP contribution in [-0.2, 0) is 16.6 Å². The Morgan fingerprint density at radius 3 is 2.44 bits per heavy atom. The summed E-state index contributed by atoms with van der Waals surface area (Å²) >= 11 is 1.44. The molecule has 25 heavy (non-hydrogen) atoms. The number of hydrogen-bond donors (Lipinski definition) is 0. The van der Waals surface area contributed by atoms with Crippen LogP contribution in [0.1, 0.15) is 45.2 Å². The normalized spacial score (nSPS) is 16.3. The largest absolute Gasteiger partial charge is 0.291 e. The van der Waals surface area contributed by atoms with Gasteiger partial charge in [0.2, 0.25) is 10.0 Å². The van der Waals surface area contributed by atoms with Crippen molar-refractivity contribution >= 4 is 27.1 Å². The lowest BCUT2D eigenvalue weighted by molar-refractivity contribution is 0.0970. The van der Waals surface area contributed by atoms with Crippen molar-refractivity contribution in [2.75, 3.05) is 13.1 Å². The second kappa shape index (κ2) is 7.01. The molecule has 0 N–H and O–H groups in total. The molecule has 0 saturated carbocycles. The number of hydrogen-bond acceptors (Lipinski definition) is 5. The van der Waals surface area contributed by atoms with Gasteiger partial charge in [0.1, 0.15) is 11.4 Å². The summed E-state index contributed by atoms with van der Waals surface area (Å²) in [7, 11) is -3.56. The van der Waals surface area contributed by atoms with E-state index >= 15 is 0 Å². The van der Waals surface area contributed by atoms with E-state index in [9.17, 15) is 13.2 Å². The zero-order chi connectivity index (χ0) is 18.2. The minimum atomic E-state index is -3.56. The van der Waals surface area contributed by atoms with Crippen molar-refractivity contribution in [3.8, 4) is 0 Å². The minimum Gasteiger partial charge on any atom is -0.291 e. The van der Waals surface area contributed by atoms with Crippen LogP contribution in [0.25, 0.3) is 0 Å². The van der Waals surface area contributed by atoms with Crippen molar-refractivity contribution in [3.63, 3.8) is 0 Å². The van der Waals surface area contributed by atoms with Gasteiger partial charge in [-0.2, -0.15) is 9.40 Å². The van der Waals surface area contributed by atoms with Crippen LogP contribution < -0.4 is 0 Å². The fourth-order valence-electron chi connectivity index (χ4n) is 3.24. The van der Waals surface area contributed by atoms with E-state index in [1.807, 2.05) is 13.0 Å². The Bertz CT molecular complexity index is 890. The molecule has 2 aromatic rings. The van der Waals surface area contributed by atoms with Gasteiger partial charge in [-0.1, -0.05) is 6.42 Å². The molecule has 0 radical (unpaired) electrons. The highest BCUT2D eigenvalue weighted by Gasteiger charge is 2.32. The molecule has 0 aromatic carbocycles. The van der Waals surface area contributed by atoms with Gasteiger partial charge >= 0.3 is 0 Å². The van der Waals surface area contributed by atoms with Crippen molar-refractivity contribution < 1.29 is 13.2 Å². The highest BCUT2D eigenvalue weighted by Crippen LogP contribution is 2.26. The Labute approximate surface area is 152 Å². The highest BCUT2D eigenvalue weighted by atomic mass is 32.2. The molecule has 0 amide bonds. The first kappa shape index (κ1) is 18.3. The van der Waals surface area contributed by atoms with Crippen LogP contribution in [0.15, 0.2) is 17.0 Å². The summed E-state index contributed by atoms with van der Waals surface area (Å²) in [5, 5.41) is 4.34. The second-order valence-corrected chi connectivity index (χ2v) is 9.62. The lowest BCUT2D eigenvalue weighted by atomic mass is 10.2. The molecule has 0 aliphatic carbocycles. The average Bonchev–Trinajstić information content (AvgIpc) is 3.12. The Kier molecular flexibility index (Phi) is 5.13. The number of aryl methyl sites for hydroxylation is 2. The fourth-order valence-corrected chi connectivity index (χ4v) is 5.93. The molecule has 3 heterocycles. The van der Waals surface area contributed by atoms with Crippen LogP contribution in [0.4, 0.5) is 0 Å². The highest BCUT2D eigenvalue weighted by molar-refractivity contribution is 7.89. The number of thiophene rings is 1. The molecule has 136 valence electrons. The predicted molar refractivity (Wildman–Crippen MR) is 97.7 cm³/mol. The Hall–Kier alpha value is -1.51. The number of nitrogens with zero attached hydrogens (tertiary/aromatic N) is 3. The maximum atomic E-state index is 13.0. The number of Topliss-reactive ketones (excluding diaryl/α,β-unsaturated/α-hetero) is 1. The van der Waals surface area contributed by atoms with Gasteiger partial charge in [-0.15, -0.1) is 11.3 Å². The van der Waals surface area contributed by atoms with E-state index < -0.39 is 10.0 Å². The van der Waals surface area contributed by atoms with Crippen LogP contribution in [0, 0.1) is 20.8 Å². The summed E-state index contributed by atoms with van der Waals surface area (Å²) in [6, 6.07) is 3.71. The van der Waals surface area contributed by atoms with E-state index in [4.69, 9.17) is 0 Å². The molecule has 0 unspecified atom stereocenters. The van der Waals surface area contributed by atoms with Crippen molar-refractivity contribution in [1.29, 1.82) is 0 Å². The molecule has 0 spiro atoms. The van der Waals surface area contributed by atoms with Crippen molar-refractivity contribution in [2.24, 2.45) is 0 Å². The van der Waals surface area contributed by atoms with E-state index in [-0.39, 0.29) is 17.2 Å². The van der Waals surface area contributed by atoms with Gasteiger partial charge in [0.25, 0.3) is 0 Å².